The monoisotopic (exact) mass is 534 g/mol. The quantitative estimate of drug-likeness (QED) is 0.322. The summed E-state index contributed by atoms with van der Waals surface area (Å²) in [6, 6.07) is 8.59. The van der Waals surface area contributed by atoms with Crippen LogP contribution in [-0.4, -0.2) is 25.7 Å². The van der Waals surface area contributed by atoms with Gasteiger partial charge in [0.05, 0.1) is 5.56 Å². The second kappa shape index (κ2) is 11.2. The molecule has 194 valence electrons. The lowest BCUT2D eigenvalue weighted by Crippen LogP contribution is -2.50. The first kappa shape index (κ1) is 29.0. The number of hydrazine groups is 1. The molecule has 0 saturated heterocycles. The lowest BCUT2D eigenvalue weighted by atomic mass is 9.92. The van der Waals surface area contributed by atoms with Crippen LogP contribution in [0.2, 0.25) is 5.02 Å². The van der Waals surface area contributed by atoms with Crippen LogP contribution < -0.4 is 32.4 Å². The molecule has 0 radical (unpaired) electrons. The molecule has 1 aliphatic heterocycles. The number of nitrogens with two attached hydrogens (primary N) is 2. The summed E-state index contributed by atoms with van der Waals surface area (Å²) < 4.78 is 47.6. The average Bonchev–Trinajstić information content (AvgIpc) is 3.09. The number of nitrogens with zero attached hydrogens (tertiary/aromatic N) is 1. The molecule has 35 heavy (non-hydrogen) atoms. The van der Waals surface area contributed by atoms with E-state index in [9.17, 15) is 13.2 Å². The van der Waals surface area contributed by atoms with Crippen molar-refractivity contribution < 1.29 is 17.9 Å². The number of aliphatic imine (C=N–C) groups is 1. The minimum Gasteiger partial charge on any atom is -0.492 e. The standard InChI is InChI=1S/C23H30ClF3N6O.ClH/c1-21(2,3)8-9-30-10-11-34-16-6-4-14(5-7-16)19-17(22(25,26)27)12-15(13-18(19)24)23(29)31-20(28)32-33-23;/h4-7,12-13,30,33H,8-11,29H2,1-3H3,(H3,28,31,32);1H. The summed E-state index contributed by atoms with van der Waals surface area (Å²) in [5.74, 6) is -1.17. The summed E-state index contributed by atoms with van der Waals surface area (Å²) in [4.78, 5) is 3.93. The number of halogens is 5. The third kappa shape index (κ3) is 7.62. The van der Waals surface area contributed by atoms with Crippen LogP contribution >= 0.6 is 24.0 Å². The molecule has 0 fully saturated rings. The minimum absolute atomic E-state index is 0. The fourth-order valence-electron chi connectivity index (χ4n) is 3.43. The van der Waals surface area contributed by atoms with E-state index < -0.39 is 17.5 Å². The molecule has 0 saturated carbocycles. The van der Waals surface area contributed by atoms with E-state index in [0.717, 1.165) is 19.0 Å². The van der Waals surface area contributed by atoms with Crippen molar-refractivity contribution in [2.45, 2.75) is 39.2 Å². The summed E-state index contributed by atoms with van der Waals surface area (Å²) in [7, 11) is 0. The second-order valence-corrected chi connectivity index (χ2v) is 9.73. The number of nitrogens with one attached hydrogen (secondary N) is 3. The molecule has 0 aliphatic carbocycles. The number of hydrogen-bond donors (Lipinski definition) is 5. The Labute approximate surface area is 214 Å². The third-order valence-corrected chi connectivity index (χ3v) is 5.55. The summed E-state index contributed by atoms with van der Waals surface area (Å²) >= 11 is 6.33. The van der Waals surface area contributed by atoms with E-state index in [1.54, 1.807) is 24.3 Å². The first-order chi connectivity index (χ1) is 15.8. The van der Waals surface area contributed by atoms with Crippen LogP contribution in [0, 0.1) is 5.41 Å². The number of ether oxygens (including phenoxy) is 1. The van der Waals surface area contributed by atoms with Gasteiger partial charge in [0, 0.05) is 22.7 Å². The van der Waals surface area contributed by atoms with Crippen molar-refractivity contribution in [2.75, 3.05) is 19.7 Å². The SMILES string of the molecule is CC(C)(C)CCNCCOc1ccc(-c2c(Cl)cc(C3(N)N=C(N)NN3)cc2C(F)(F)F)cc1.Cl. The second-order valence-electron chi connectivity index (χ2n) is 9.33. The molecule has 3 rings (SSSR count). The Morgan fingerprint density at radius 1 is 1.11 bits per heavy atom. The fourth-order valence-corrected chi connectivity index (χ4v) is 3.76. The van der Waals surface area contributed by atoms with E-state index >= 15 is 0 Å². The summed E-state index contributed by atoms with van der Waals surface area (Å²) in [5.41, 5.74) is 16.1. The molecule has 0 aromatic heterocycles. The van der Waals surface area contributed by atoms with Crippen LogP contribution in [0.5, 0.6) is 5.75 Å². The Balaban J connectivity index is 0.00000432. The number of guanidine groups is 1. The normalized spacial score (nSPS) is 18.0. The molecule has 1 atom stereocenters. The van der Waals surface area contributed by atoms with Gasteiger partial charge in [0.2, 0.25) is 11.7 Å². The van der Waals surface area contributed by atoms with Gasteiger partial charge in [-0.3, -0.25) is 11.2 Å². The van der Waals surface area contributed by atoms with E-state index in [0.29, 0.717) is 24.5 Å². The van der Waals surface area contributed by atoms with E-state index in [2.05, 4.69) is 41.9 Å². The molecule has 7 nitrogen and oxygen atoms in total. The molecular weight excluding hydrogens is 504 g/mol. The van der Waals surface area contributed by atoms with E-state index in [4.69, 9.17) is 27.8 Å². The topological polar surface area (TPSA) is 110 Å². The molecule has 12 heteroatoms. The van der Waals surface area contributed by atoms with Gasteiger partial charge in [-0.05, 0) is 48.2 Å². The molecule has 7 N–H and O–H groups in total. The van der Waals surface area contributed by atoms with Crippen LogP contribution in [0.1, 0.15) is 38.3 Å². The molecule has 2 aromatic rings. The minimum atomic E-state index is -4.68. The first-order valence-corrected chi connectivity index (χ1v) is 11.2. The lowest BCUT2D eigenvalue weighted by Gasteiger charge is -2.24. The van der Waals surface area contributed by atoms with E-state index in [1.807, 2.05) is 0 Å². The number of hydrogen-bond acceptors (Lipinski definition) is 7. The van der Waals surface area contributed by atoms with Crippen molar-refractivity contribution in [1.29, 1.82) is 0 Å². The maximum atomic E-state index is 14.0. The highest BCUT2D eigenvalue weighted by Crippen LogP contribution is 2.43. The van der Waals surface area contributed by atoms with Crippen molar-refractivity contribution in [3.63, 3.8) is 0 Å². The molecule has 1 aliphatic rings. The van der Waals surface area contributed by atoms with Gasteiger partial charge in [-0.25, -0.2) is 4.99 Å². The van der Waals surface area contributed by atoms with Crippen LogP contribution in [0.3, 0.4) is 0 Å². The molecular formula is C23H31Cl2F3N6O. The van der Waals surface area contributed by atoms with Crippen LogP contribution in [0.4, 0.5) is 13.2 Å². The molecule has 1 heterocycles. The van der Waals surface area contributed by atoms with Crippen LogP contribution in [0.25, 0.3) is 11.1 Å². The molecule has 0 spiro atoms. The molecule has 1 unspecified atom stereocenters. The molecule has 0 amide bonds. The molecule has 0 bridgehead atoms. The van der Waals surface area contributed by atoms with Gasteiger partial charge in [0.1, 0.15) is 12.4 Å². The summed E-state index contributed by atoms with van der Waals surface area (Å²) in [5, 5.41) is 3.19. The predicted molar refractivity (Wildman–Crippen MR) is 135 cm³/mol. The zero-order valence-electron chi connectivity index (χ0n) is 19.7. The Morgan fingerprint density at radius 3 is 2.31 bits per heavy atom. The van der Waals surface area contributed by atoms with Crippen molar-refractivity contribution >= 4 is 30.0 Å². The third-order valence-electron chi connectivity index (χ3n) is 5.26. The lowest BCUT2D eigenvalue weighted by molar-refractivity contribution is -0.137. The van der Waals surface area contributed by atoms with Crippen molar-refractivity contribution in [1.82, 2.24) is 16.2 Å². The number of alkyl halides is 3. The Morgan fingerprint density at radius 2 is 1.77 bits per heavy atom. The summed E-state index contributed by atoms with van der Waals surface area (Å²) in [6.45, 7) is 8.52. The van der Waals surface area contributed by atoms with Crippen molar-refractivity contribution in [3.05, 3.63) is 52.5 Å². The highest BCUT2D eigenvalue weighted by molar-refractivity contribution is 6.33. The maximum absolute atomic E-state index is 14.0. The van der Waals surface area contributed by atoms with Crippen LogP contribution in [0.15, 0.2) is 41.4 Å². The fraction of sp³-hybridized carbons (Fsp3) is 0.435. The maximum Gasteiger partial charge on any atom is 0.417 e. The highest BCUT2D eigenvalue weighted by atomic mass is 35.5. The van der Waals surface area contributed by atoms with Crippen molar-refractivity contribution in [3.8, 4) is 16.9 Å². The van der Waals surface area contributed by atoms with E-state index in [1.165, 1.54) is 6.07 Å². The van der Waals surface area contributed by atoms with Gasteiger partial charge in [-0.2, -0.15) is 18.6 Å². The van der Waals surface area contributed by atoms with E-state index in [-0.39, 0.29) is 39.9 Å². The van der Waals surface area contributed by atoms with Crippen LogP contribution in [-0.2, 0) is 12.0 Å². The predicted octanol–water partition coefficient (Wildman–Crippen LogP) is 4.34. The smallest absolute Gasteiger partial charge is 0.417 e. The molecule has 2 aromatic carbocycles. The Kier molecular flexibility index (Phi) is 9.29. The summed E-state index contributed by atoms with van der Waals surface area (Å²) in [6.07, 6.45) is -3.64. The highest BCUT2D eigenvalue weighted by Gasteiger charge is 2.39. The number of rotatable bonds is 8. The van der Waals surface area contributed by atoms with Crippen molar-refractivity contribution in [2.24, 2.45) is 21.9 Å². The average molecular weight is 535 g/mol. The van der Waals surface area contributed by atoms with Gasteiger partial charge in [0.15, 0.2) is 0 Å². The van der Waals surface area contributed by atoms with Gasteiger partial charge in [-0.1, -0.05) is 44.5 Å². The Hall–Kier alpha value is -2.24. The largest absolute Gasteiger partial charge is 0.492 e. The first-order valence-electron chi connectivity index (χ1n) is 10.8. The van der Waals surface area contributed by atoms with Gasteiger partial charge in [0.25, 0.3) is 0 Å². The number of benzene rings is 2. The zero-order chi connectivity index (χ0) is 25.1. The van der Waals surface area contributed by atoms with Gasteiger partial charge >= 0.3 is 6.18 Å². The van der Waals surface area contributed by atoms with Gasteiger partial charge in [-0.15, -0.1) is 12.4 Å². The zero-order valence-corrected chi connectivity index (χ0v) is 21.3. The Bertz CT molecular complexity index is 1040. The van der Waals surface area contributed by atoms with Gasteiger partial charge < -0.3 is 15.8 Å².